The number of rotatable bonds is 4. The van der Waals surface area contributed by atoms with Gasteiger partial charge in [0.2, 0.25) is 0 Å². The molecule has 1 aromatic heterocycles. The van der Waals surface area contributed by atoms with Gasteiger partial charge >= 0.3 is 0 Å². The number of aryl methyl sites for hydroxylation is 1. The Morgan fingerprint density at radius 2 is 1.89 bits per heavy atom. The van der Waals surface area contributed by atoms with Crippen LogP contribution in [0.25, 0.3) is 0 Å². The van der Waals surface area contributed by atoms with Gasteiger partial charge in [-0.25, -0.2) is 8.78 Å². The molecule has 1 aromatic carbocycles. The highest BCUT2D eigenvalue weighted by Crippen LogP contribution is 2.16. The molecule has 0 radical (unpaired) electrons. The number of hydrogen-bond acceptors (Lipinski definition) is 3. The van der Waals surface area contributed by atoms with Crippen molar-refractivity contribution in [3.8, 4) is 6.07 Å². The maximum atomic E-state index is 13.6. The largest absolute Gasteiger partial charge is 0.308 e. The third-order valence-electron chi connectivity index (χ3n) is 2.85. The monoisotopic (exact) mass is 278 g/mol. The normalized spacial score (nSPS) is 10.4. The molecule has 0 saturated carbocycles. The Morgan fingerprint density at radius 3 is 2.42 bits per heavy atom. The molecule has 0 bridgehead atoms. The van der Waals surface area contributed by atoms with Crippen molar-refractivity contribution < 1.29 is 8.78 Å². The van der Waals surface area contributed by atoms with E-state index in [1.54, 1.807) is 17.4 Å². The maximum Gasteiger partial charge on any atom is 0.131 e. The second-order valence-electron chi connectivity index (χ2n) is 4.21. The number of nitrogens with zero attached hydrogens (tertiary/aromatic N) is 1. The molecule has 2 rings (SSSR count). The summed E-state index contributed by atoms with van der Waals surface area (Å²) in [5.74, 6) is -1.38. The van der Waals surface area contributed by atoms with Crippen molar-refractivity contribution in [3.63, 3.8) is 0 Å². The van der Waals surface area contributed by atoms with Gasteiger partial charge in [0.15, 0.2) is 0 Å². The number of hydrogen-bond donors (Lipinski definition) is 1. The summed E-state index contributed by atoms with van der Waals surface area (Å²) in [6.07, 6.45) is 0. The highest BCUT2D eigenvalue weighted by molar-refractivity contribution is 7.08. The van der Waals surface area contributed by atoms with Gasteiger partial charge in [-0.3, -0.25) is 0 Å². The minimum absolute atomic E-state index is 0.00701. The van der Waals surface area contributed by atoms with Crippen molar-refractivity contribution in [2.24, 2.45) is 0 Å². The number of thiophene rings is 1. The summed E-state index contributed by atoms with van der Waals surface area (Å²) < 4.78 is 27.2. The molecule has 0 amide bonds. The third kappa shape index (κ3) is 3.16. The predicted octanol–water partition coefficient (Wildman–Crippen LogP) is 3.50. The zero-order chi connectivity index (χ0) is 13.8. The maximum absolute atomic E-state index is 13.6. The lowest BCUT2D eigenvalue weighted by Gasteiger charge is -2.07. The Kier molecular flexibility index (Phi) is 4.25. The lowest BCUT2D eigenvalue weighted by molar-refractivity contribution is 0.534. The van der Waals surface area contributed by atoms with E-state index >= 15 is 0 Å². The van der Waals surface area contributed by atoms with E-state index in [2.05, 4.69) is 5.32 Å². The van der Waals surface area contributed by atoms with E-state index in [-0.39, 0.29) is 17.7 Å². The molecule has 2 aromatic rings. The number of halogens is 2. The van der Waals surface area contributed by atoms with Crippen LogP contribution >= 0.6 is 11.3 Å². The molecule has 19 heavy (non-hydrogen) atoms. The Balaban J connectivity index is 2.04. The topological polar surface area (TPSA) is 35.8 Å². The van der Waals surface area contributed by atoms with Crippen molar-refractivity contribution >= 4 is 11.3 Å². The van der Waals surface area contributed by atoms with E-state index in [4.69, 9.17) is 5.26 Å². The minimum Gasteiger partial charge on any atom is -0.308 e. The van der Waals surface area contributed by atoms with Crippen LogP contribution < -0.4 is 5.32 Å². The van der Waals surface area contributed by atoms with Crippen molar-refractivity contribution in [2.45, 2.75) is 20.0 Å². The van der Waals surface area contributed by atoms with Gasteiger partial charge in [0.1, 0.15) is 11.6 Å². The van der Waals surface area contributed by atoms with Gasteiger partial charge in [-0.2, -0.15) is 16.6 Å². The zero-order valence-corrected chi connectivity index (χ0v) is 11.2. The van der Waals surface area contributed by atoms with Crippen LogP contribution in [0, 0.1) is 29.9 Å². The second-order valence-corrected chi connectivity index (χ2v) is 4.96. The van der Waals surface area contributed by atoms with Crippen LogP contribution in [0.5, 0.6) is 0 Å². The Labute approximate surface area is 114 Å². The van der Waals surface area contributed by atoms with Crippen molar-refractivity contribution in [3.05, 3.63) is 56.8 Å². The minimum atomic E-state index is -0.689. The number of benzene rings is 1. The summed E-state index contributed by atoms with van der Waals surface area (Å²) in [5, 5.41) is 15.7. The van der Waals surface area contributed by atoms with Crippen LogP contribution in [0.15, 0.2) is 22.9 Å². The SMILES string of the molecule is Cc1cscc1CNCc1c(F)cc(C#N)cc1F. The van der Waals surface area contributed by atoms with Gasteiger partial charge < -0.3 is 5.32 Å². The fourth-order valence-corrected chi connectivity index (χ4v) is 2.58. The average molecular weight is 278 g/mol. The first kappa shape index (κ1) is 13.7. The highest BCUT2D eigenvalue weighted by atomic mass is 32.1. The molecule has 0 saturated heterocycles. The molecule has 0 spiro atoms. The van der Waals surface area contributed by atoms with Gasteiger partial charge in [0.25, 0.3) is 0 Å². The molecule has 0 aliphatic carbocycles. The van der Waals surface area contributed by atoms with E-state index in [0.717, 1.165) is 17.7 Å². The number of nitriles is 1. The van der Waals surface area contributed by atoms with Gasteiger partial charge in [-0.1, -0.05) is 0 Å². The Morgan fingerprint density at radius 1 is 1.21 bits per heavy atom. The molecule has 0 fully saturated rings. The lowest BCUT2D eigenvalue weighted by atomic mass is 10.1. The first-order valence-corrected chi connectivity index (χ1v) is 6.66. The first-order chi connectivity index (χ1) is 9.11. The third-order valence-corrected chi connectivity index (χ3v) is 3.76. The van der Waals surface area contributed by atoms with Crippen LogP contribution in [-0.4, -0.2) is 0 Å². The van der Waals surface area contributed by atoms with E-state index in [1.165, 1.54) is 5.56 Å². The molecule has 0 unspecified atom stereocenters. The van der Waals surface area contributed by atoms with Crippen molar-refractivity contribution in [1.29, 1.82) is 5.26 Å². The fraction of sp³-hybridized carbons (Fsp3) is 0.214. The van der Waals surface area contributed by atoms with Gasteiger partial charge in [-0.15, -0.1) is 0 Å². The highest BCUT2D eigenvalue weighted by Gasteiger charge is 2.11. The van der Waals surface area contributed by atoms with Crippen LogP contribution in [-0.2, 0) is 13.1 Å². The predicted molar refractivity (Wildman–Crippen MR) is 70.7 cm³/mol. The van der Waals surface area contributed by atoms with Crippen LogP contribution in [0.4, 0.5) is 8.78 Å². The second kappa shape index (κ2) is 5.91. The molecule has 0 atom stereocenters. The van der Waals surface area contributed by atoms with Gasteiger partial charge in [-0.05, 0) is 40.9 Å². The lowest BCUT2D eigenvalue weighted by Crippen LogP contribution is -2.15. The summed E-state index contributed by atoms with van der Waals surface area (Å²) in [6.45, 7) is 2.66. The van der Waals surface area contributed by atoms with Gasteiger partial charge in [0.05, 0.1) is 11.6 Å². The molecule has 1 heterocycles. The Hall–Kier alpha value is -1.77. The molecule has 5 heteroatoms. The average Bonchev–Trinajstić information content (AvgIpc) is 2.78. The molecule has 0 aliphatic heterocycles. The summed E-state index contributed by atoms with van der Waals surface area (Å²) in [7, 11) is 0. The summed E-state index contributed by atoms with van der Waals surface area (Å²) in [5.41, 5.74) is 2.25. The van der Waals surface area contributed by atoms with Crippen molar-refractivity contribution in [1.82, 2.24) is 5.32 Å². The van der Waals surface area contributed by atoms with E-state index in [0.29, 0.717) is 6.54 Å². The standard InChI is InChI=1S/C14H12F2N2S/c1-9-7-19-8-11(9)5-18-6-12-13(15)2-10(4-17)3-14(12)16/h2-3,7-8,18H,5-6H2,1H3. The summed E-state index contributed by atoms with van der Waals surface area (Å²) in [6, 6.07) is 3.83. The number of nitrogens with one attached hydrogen (secondary N) is 1. The molecule has 98 valence electrons. The fourth-order valence-electron chi connectivity index (χ4n) is 1.73. The molecule has 2 nitrogen and oxygen atoms in total. The van der Waals surface area contributed by atoms with E-state index < -0.39 is 11.6 Å². The first-order valence-electron chi connectivity index (χ1n) is 5.72. The molecular formula is C14H12F2N2S. The summed E-state index contributed by atoms with van der Waals surface area (Å²) in [4.78, 5) is 0. The molecular weight excluding hydrogens is 266 g/mol. The molecule has 0 aliphatic rings. The van der Waals surface area contributed by atoms with E-state index in [1.807, 2.05) is 17.7 Å². The zero-order valence-electron chi connectivity index (χ0n) is 10.3. The smallest absolute Gasteiger partial charge is 0.131 e. The van der Waals surface area contributed by atoms with Crippen LogP contribution in [0.2, 0.25) is 0 Å². The summed E-state index contributed by atoms with van der Waals surface area (Å²) >= 11 is 1.60. The Bertz CT molecular complexity index is 606. The van der Waals surface area contributed by atoms with Gasteiger partial charge in [0, 0.05) is 18.7 Å². The van der Waals surface area contributed by atoms with E-state index in [9.17, 15) is 8.78 Å². The quantitative estimate of drug-likeness (QED) is 0.929. The van der Waals surface area contributed by atoms with Crippen LogP contribution in [0.1, 0.15) is 22.3 Å². The van der Waals surface area contributed by atoms with Crippen molar-refractivity contribution in [2.75, 3.05) is 0 Å². The molecule has 1 N–H and O–H groups in total. The van der Waals surface area contributed by atoms with Crippen LogP contribution in [0.3, 0.4) is 0 Å².